The fraction of sp³-hybridized carbons (Fsp3) is 0.579. The summed E-state index contributed by atoms with van der Waals surface area (Å²) in [5.74, 6) is 0.234. The molecule has 0 fully saturated rings. The summed E-state index contributed by atoms with van der Waals surface area (Å²) in [5.41, 5.74) is 6.07. The molecule has 0 aliphatic heterocycles. The predicted molar refractivity (Wildman–Crippen MR) is 97.1 cm³/mol. The Balaban J connectivity index is 0.00000264. The maximum atomic E-state index is 6.63. The fourth-order valence-electron chi connectivity index (χ4n) is 4.68. The van der Waals surface area contributed by atoms with Crippen LogP contribution in [0.4, 0.5) is 0 Å². The standard InChI is InChI=1S/2C8H11.C2H7Si.CH3O.ClH.Zr/c2*1-6-4-7(2)8(3)5-6;1-3-2;1-2;;/h2*4,8H,1-3H3;3H,1-2H3;1H3;1H;/q;;;-1;;+2/p-1. The molecule has 2 unspecified atom stereocenters. The molecule has 0 bridgehead atoms. The summed E-state index contributed by atoms with van der Waals surface area (Å²) in [6, 6.07) is 0. The summed E-state index contributed by atoms with van der Waals surface area (Å²) in [5, 5.41) is 0. The van der Waals surface area contributed by atoms with Crippen molar-refractivity contribution in [3.05, 3.63) is 41.0 Å². The molecular formula is C19H32ClOSiZr. The predicted octanol–water partition coefficient (Wildman–Crippen LogP) is 2.43. The zero-order valence-corrected chi connectivity index (χ0v) is 20.5. The Labute approximate surface area is 155 Å². The zero-order chi connectivity index (χ0) is 16.8. The summed E-state index contributed by atoms with van der Waals surface area (Å²) in [4.78, 5) is 0. The van der Waals surface area contributed by atoms with E-state index in [4.69, 9.17) is 2.81 Å². The maximum Gasteiger partial charge on any atom is -1.00 e. The van der Waals surface area contributed by atoms with E-state index >= 15 is 0 Å². The minimum Gasteiger partial charge on any atom is -1.00 e. The summed E-state index contributed by atoms with van der Waals surface area (Å²) < 4.78 is 10.1. The van der Waals surface area contributed by atoms with Gasteiger partial charge < -0.3 is 12.4 Å². The van der Waals surface area contributed by atoms with Gasteiger partial charge in [0.05, 0.1) is 0 Å². The maximum absolute atomic E-state index is 6.63. The molecule has 129 valence electrons. The van der Waals surface area contributed by atoms with Crippen molar-refractivity contribution in [2.24, 2.45) is 11.8 Å². The van der Waals surface area contributed by atoms with Crippen LogP contribution in [0.2, 0.25) is 13.1 Å². The second kappa shape index (κ2) is 7.68. The quantitative estimate of drug-likeness (QED) is 0.622. The summed E-state index contributed by atoms with van der Waals surface area (Å²) in [7, 11) is 2.02. The van der Waals surface area contributed by atoms with E-state index in [-0.39, 0.29) is 12.4 Å². The molecule has 0 aromatic carbocycles. The van der Waals surface area contributed by atoms with Gasteiger partial charge in [-0.3, -0.25) is 0 Å². The molecule has 0 N–H and O–H groups in total. The van der Waals surface area contributed by atoms with E-state index in [0.717, 1.165) is 0 Å². The van der Waals surface area contributed by atoms with Crippen LogP contribution in [0.3, 0.4) is 0 Å². The van der Waals surface area contributed by atoms with Gasteiger partial charge in [-0.05, 0) is 0 Å². The summed E-state index contributed by atoms with van der Waals surface area (Å²) in [6.07, 6.45) is 4.83. The van der Waals surface area contributed by atoms with Crippen molar-refractivity contribution in [1.82, 2.24) is 0 Å². The van der Waals surface area contributed by atoms with Gasteiger partial charge in [0.2, 0.25) is 0 Å². The molecule has 0 saturated carbocycles. The first-order valence-corrected chi connectivity index (χ1v) is 19.1. The van der Waals surface area contributed by atoms with Gasteiger partial charge in [-0.25, -0.2) is 0 Å². The molecule has 23 heavy (non-hydrogen) atoms. The van der Waals surface area contributed by atoms with E-state index in [9.17, 15) is 0 Å². The Morgan fingerprint density at radius 2 is 1.22 bits per heavy atom. The van der Waals surface area contributed by atoms with E-state index in [0.29, 0.717) is 11.8 Å². The average molecular weight is 431 g/mol. The van der Waals surface area contributed by atoms with Crippen LogP contribution < -0.4 is 12.4 Å². The van der Waals surface area contributed by atoms with Gasteiger partial charge in [0.1, 0.15) is 0 Å². The van der Waals surface area contributed by atoms with E-state index in [2.05, 4.69) is 66.8 Å². The van der Waals surface area contributed by atoms with Gasteiger partial charge in [0, 0.05) is 0 Å². The van der Waals surface area contributed by atoms with Gasteiger partial charge in [0.25, 0.3) is 0 Å². The minimum absolute atomic E-state index is 0. The van der Waals surface area contributed by atoms with Crippen molar-refractivity contribution in [2.75, 3.05) is 7.11 Å². The van der Waals surface area contributed by atoms with E-state index in [1.165, 1.54) is 22.3 Å². The van der Waals surface area contributed by atoms with Crippen LogP contribution in [0.1, 0.15) is 41.5 Å². The third kappa shape index (κ3) is 3.24. The normalized spacial score (nSPS) is 27.2. The van der Waals surface area contributed by atoms with Gasteiger partial charge in [-0.15, -0.1) is 0 Å². The molecule has 0 spiro atoms. The van der Waals surface area contributed by atoms with Crippen molar-refractivity contribution >= 4 is 5.92 Å². The van der Waals surface area contributed by atoms with Crippen LogP contribution in [-0.2, 0) is 22.7 Å². The SMILES string of the molecule is C[O][Zr+]([C]1=C(C)C=C(C)C1C)([C]1=C(C)C=C(C)C1C)[SiH](C)C.[Cl-]. The van der Waals surface area contributed by atoms with Crippen LogP contribution in [0, 0.1) is 11.8 Å². The largest absolute Gasteiger partial charge is 1.00 e. The molecule has 0 heterocycles. The third-order valence-electron chi connectivity index (χ3n) is 5.91. The Morgan fingerprint density at radius 3 is 1.39 bits per heavy atom. The van der Waals surface area contributed by atoms with Crippen molar-refractivity contribution in [2.45, 2.75) is 54.6 Å². The minimum atomic E-state index is -2.98. The van der Waals surface area contributed by atoms with Crippen LogP contribution in [0.5, 0.6) is 0 Å². The first-order chi connectivity index (χ1) is 10.2. The molecule has 2 aliphatic rings. The van der Waals surface area contributed by atoms with Gasteiger partial charge >= 0.3 is 143 Å². The Bertz CT molecular complexity index is 567. The Hall–Kier alpha value is 0.310. The molecule has 0 saturated heterocycles. The monoisotopic (exact) mass is 429 g/mol. The van der Waals surface area contributed by atoms with E-state index in [1.54, 1.807) is 6.56 Å². The first kappa shape index (κ1) is 21.4. The molecule has 1 nitrogen and oxygen atoms in total. The second-order valence-electron chi connectivity index (χ2n) is 7.51. The zero-order valence-electron chi connectivity index (χ0n) is 16.2. The van der Waals surface area contributed by atoms with Crippen LogP contribution in [-0.4, -0.2) is 13.0 Å². The van der Waals surface area contributed by atoms with Crippen molar-refractivity contribution in [1.29, 1.82) is 0 Å². The first-order valence-electron chi connectivity index (χ1n) is 8.52. The van der Waals surface area contributed by atoms with Crippen molar-refractivity contribution in [3.8, 4) is 0 Å². The second-order valence-corrected chi connectivity index (χ2v) is 30.4. The van der Waals surface area contributed by atoms with E-state index < -0.39 is 25.8 Å². The molecule has 2 aliphatic carbocycles. The molecule has 0 radical (unpaired) electrons. The fourth-order valence-corrected chi connectivity index (χ4v) is 34.0. The number of halogens is 1. The van der Waals surface area contributed by atoms with Gasteiger partial charge in [0.15, 0.2) is 0 Å². The van der Waals surface area contributed by atoms with Gasteiger partial charge in [-0.2, -0.15) is 0 Å². The van der Waals surface area contributed by atoms with Gasteiger partial charge in [-0.1, -0.05) is 0 Å². The van der Waals surface area contributed by atoms with Crippen LogP contribution >= 0.6 is 0 Å². The summed E-state index contributed by atoms with van der Waals surface area (Å²) >= 11 is -2.98. The molecule has 2 rings (SSSR count). The molecule has 0 aromatic heterocycles. The smallest absolute Gasteiger partial charge is 1.00 e. The molecular weight excluding hydrogens is 399 g/mol. The third-order valence-corrected chi connectivity index (χ3v) is 34.2. The molecule has 0 aromatic rings. The number of hydrogen-bond acceptors (Lipinski definition) is 1. The molecule has 4 heteroatoms. The average Bonchev–Trinajstić information content (AvgIpc) is 2.83. The Kier molecular flexibility index (Phi) is 7.13. The number of rotatable bonds is 4. The van der Waals surface area contributed by atoms with Crippen LogP contribution in [0.25, 0.3) is 0 Å². The van der Waals surface area contributed by atoms with Crippen LogP contribution in [0.15, 0.2) is 41.0 Å². The van der Waals surface area contributed by atoms with Crippen molar-refractivity contribution in [3.63, 3.8) is 0 Å². The number of hydrogen-bond donors (Lipinski definition) is 0. The number of allylic oxidation sites excluding steroid dienone is 8. The molecule has 2 atom stereocenters. The van der Waals surface area contributed by atoms with E-state index in [1.807, 2.05) is 7.11 Å². The molecule has 0 amide bonds. The van der Waals surface area contributed by atoms with Crippen molar-refractivity contribution < 1.29 is 35.1 Å². The topological polar surface area (TPSA) is 9.23 Å². The summed E-state index contributed by atoms with van der Waals surface area (Å²) in [6.45, 7) is 19.1. The Morgan fingerprint density at radius 1 is 0.870 bits per heavy atom.